The van der Waals surface area contributed by atoms with Gasteiger partial charge in [-0.05, 0) is 33.4 Å². The van der Waals surface area contributed by atoms with Crippen LogP contribution < -0.4 is 0 Å². The molecule has 6 aromatic rings. The fourth-order valence-electron chi connectivity index (χ4n) is 8.49. The van der Waals surface area contributed by atoms with E-state index in [9.17, 15) is 5.11 Å². The molecule has 1 saturated heterocycles. The van der Waals surface area contributed by atoms with Gasteiger partial charge in [0.1, 0.15) is 42.7 Å². The van der Waals surface area contributed by atoms with Crippen LogP contribution in [-0.4, -0.2) is 80.0 Å². The minimum atomic E-state index is -0.987. The number of hydrogen-bond donors (Lipinski definition) is 1. The second-order valence-corrected chi connectivity index (χ2v) is 16.5. The number of aliphatic hydroxyl groups is 1. The molecule has 0 amide bonds. The Labute approximate surface area is 382 Å². The highest BCUT2D eigenvalue weighted by Crippen LogP contribution is 2.37. The van der Waals surface area contributed by atoms with Crippen molar-refractivity contribution in [1.29, 1.82) is 0 Å². The Hall–Kier alpha value is -5.08. The molecule has 6 aromatic carbocycles. The molecule has 8 rings (SSSR count). The van der Waals surface area contributed by atoms with Crippen molar-refractivity contribution in [2.24, 2.45) is 0 Å². The van der Waals surface area contributed by atoms with Crippen LogP contribution in [0.25, 0.3) is 0 Å². The van der Waals surface area contributed by atoms with E-state index >= 15 is 0 Å². The van der Waals surface area contributed by atoms with Crippen LogP contribution in [-0.2, 0) is 82.3 Å². The monoisotopic (exact) mass is 880 g/mol. The summed E-state index contributed by atoms with van der Waals surface area (Å²) in [5, 5.41) is 12.2. The molecule has 65 heavy (non-hydrogen) atoms. The van der Waals surface area contributed by atoms with Gasteiger partial charge < -0.3 is 47.7 Å². The summed E-state index contributed by atoms with van der Waals surface area (Å²) in [7, 11) is 1.61. The first-order chi connectivity index (χ1) is 32.1. The summed E-state index contributed by atoms with van der Waals surface area (Å²) in [4.78, 5) is 0. The summed E-state index contributed by atoms with van der Waals surface area (Å²) < 4.78 is 60.8. The third kappa shape index (κ3) is 13.3. The van der Waals surface area contributed by atoms with Crippen LogP contribution >= 0.6 is 0 Å². The van der Waals surface area contributed by atoms with Crippen LogP contribution in [0.3, 0.4) is 0 Å². The highest BCUT2D eigenvalue weighted by Gasteiger charge is 2.53. The van der Waals surface area contributed by atoms with Crippen LogP contribution in [0, 0.1) is 0 Å². The molecule has 1 aliphatic carbocycles. The Morgan fingerprint density at radius 2 is 0.754 bits per heavy atom. The zero-order valence-electron chi connectivity index (χ0n) is 36.9. The highest BCUT2D eigenvalue weighted by atomic mass is 16.7. The van der Waals surface area contributed by atoms with Gasteiger partial charge in [-0.1, -0.05) is 182 Å². The first-order valence-corrected chi connectivity index (χ1v) is 22.5. The SMILES string of the molecule is CO[C@H]1O[C@H](COCc2ccccc2)[C@@H](O[C@H]2C[C@H](O)[C@@H](OCc3ccccc3)[C@H](OCc3ccccc3)[C@H]2OCc2ccccc2)[C@H](OCc2ccccc2)[C@H]1OCc1ccccc1. The van der Waals surface area contributed by atoms with Crippen molar-refractivity contribution in [2.45, 2.75) is 107 Å². The molecule has 1 N–H and O–H groups in total. The molecule has 0 radical (unpaired) electrons. The average molecular weight is 881 g/mol. The van der Waals surface area contributed by atoms with Crippen molar-refractivity contribution in [2.75, 3.05) is 13.7 Å². The normalized spacial score (nSPS) is 25.6. The number of rotatable bonds is 22. The molecule has 1 heterocycles. The summed E-state index contributed by atoms with van der Waals surface area (Å²) in [5.41, 5.74) is 5.93. The lowest BCUT2D eigenvalue weighted by atomic mass is 9.85. The summed E-state index contributed by atoms with van der Waals surface area (Å²) >= 11 is 0. The summed E-state index contributed by atoms with van der Waals surface area (Å²) in [6.07, 6.45) is -7.54. The lowest BCUT2D eigenvalue weighted by Crippen LogP contribution is -2.65. The van der Waals surface area contributed by atoms with Crippen LogP contribution in [0.1, 0.15) is 39.8 Å². The topological polar surface area (TPSA) is 103 Å². The summed E-state index contributed by atoms with van der Waals surface area (Å²) in [6, 6.07) is 59.9. The molecule has 340 valence electrons. The van der Waals surface area contributed by atoms with E-state index in [0.717, 1.165) is 33.4 Å². The number of methoxy groups -OCH3 is 1. The Kier molecular flexibility index (Phi) is 17.5. The second-order valence-electron chi connectivity index (χ2n) is 16.5. The fraction of sp³-hybridized carbons (Fsp3) is 0.345. The molecule has 0 spiro atoms. The molecule has 10 heteroatoms. The van der Waals surface area contributed by atoms with E-state index < -0.39 is 61.2 Å². The molecule has 10 nitrogen and oxygen atoms in total. The first-order valence-electron chi connectivity index (χ1n) is 22.5. The van der Waals surface area contributed by atoms with E-state index in [2.05, 4.69) is 0 Å². The van der Waals surface area contributed by atoms with E-state index in [-0.39, 0.29) is 46.1 Å². The van der Waals surface area contributed by atoms with Gasteiger partial charge in [-0.25, -0.2) is 0 Å². The van der Waals surface area contributed by atoms with Crippen molar-refractivity contribution in [3.8, 4) is 0 Å². The van der Waals surface area contributed by atoms with Crippen LogP contribution in [0.2, 0.25) is 0 Å². The third-order valence-corrected chi connectivity index (χ3v) is 11.8. The smallest absolute Gasteiger partial charge is 0.186 e. The molecular formula is C55H60O10. The van der Waals surface area contributed by atoms with Gasteiger partial charge in [0.2, 0.25) is 0 Å². The van der Waals surface area contributed by atoms with E-state index in [0.29, 0.717) is 6.61 Å². The molecule has 0 unspecified atom stereocenters. The molecule has 2 aliphatic rings. The van der Waals surface area contributed by atoms with Gasteiger partial charge >= 0.3 is 0 Å². The molecule has 10 atom stereocenters. The Morgan fingerprint density at radius 3 is 1.15 bits per heavy atom. The number of hydrogen-bond acceptors (Lipinski definition) is 10. The lowest BCUT2D eigenvalue weighted by Gasteiger charge is -2.49. The summed E-state index contributed by atoms with van der Waals surface area (Å²) in [6.45, 7) is 1.86. The van der Waals surface area contributed by atoms with Crippen molar-refractivity contribution in [3.63, 3.8) is 0 Å². The zero-order valence-corrected chi connectivity index (χ0v) is 36.9. The van der Waals surface area contributed by atoms with Crippen molar-refractivity contribution >= 4 is 0 Å². The van der Waals surface area contributed by atoms with Crippen molar-refractivity contribution < 1.29 is 47.7 Å². The fourth-order valence-corrected chi connectivity index (χ4v) is 8.49. The van der Waals surface area contributed by atoms with Gasteiger partial charge in [-0.2, -0.15) is 0 Å². The van der Waals surface area contributed by atoms with E-state index in [1.807, 2.05) is 182 Å². The predicted molar refractivity (Wildman–Crippen MR) is 246 cm³/mol. The van der Waals surface area contributed by atoms with Crippen molar-refractivity contribution in [3.05, 3.63) is 215 Å². The molecule has 0 aromatic heterocycles. The largest absolute Gasteiger partial charge is 0.390 e. The summed E-state index contributed by atoms with van der Waals surface area (Å²) in [5.74, 6) is 0. The minimum Gasteiger partial charge on any atom is -0.390 e. The maximum absolute atomic E-state index is 12.2. The molecule has 1 aliphatic heterocycles. The van der Waals surface area contributed by atoms with E-state index in [1.165, 1.54) is 0 Å². The minimum absolute atomic E-state index is 0.150. The van der Waals surface area contributed by atoms with Crippen LogP contribution in [0.4, 0.5) is 0 Å². The van der Waals surface area contributed by atoms with Gasteiger partial charge in [0.25, 0.3) is 0 Å². The van der Waals surface area contributed by atoms with Crippen LogP contribution in [0.15, 0.2) is 182 Å². The van der Waals surface area contributed by atoms with Gasteiger partial charge in [0.15, 0.2) is 6.29 Å². The third-order valence-electron chi connectivity index (χ3n) is 11.8. The number of ether oxygens (including phenoxy) is 9. The maximum atomic E-state index is 12.2. The van der Waals surface area contributed by atoms with Gasteiger partial charge in [0.05, 0.1) is 58.5 Å². The standard InChI is InChI=1S/C55H60O10/c1-57-55-54(63-38-45-30-18-7-19-31-45)53(62-37-44-28-16-6-17-29-44)51(48(65-55)39-58-33-40-20-8-2-9-21-40)64-47-32-46(56)49(59-34-41-22-10-3-11-23-41)52(61-36-43-26-14-5-15-27-43)50(47)60-35-42-24-12-4-13-25-42/h2-31,46-56H,32-39H2,1H3/t46-,47-,48+,49+,50-,51+,52-,53-,54+,55-/m0/s1. The Morgan fingerprint density at radius 1 is 0.415 bits per heavy atom. The van der Waals surface area contributed by atoms with Gasteiger partial charge in [-0.3, -0.25) is 0 Å². The maximum Gasteiger partial charge on any atom is 0.186 e. The average Bonchev–Trinajstić information content (AvgIpc) is 3.36. The Balaban J connectivity index is 1.15. The van der Waals surface area contributed by atoms with Gasteiger partial charge in [0, 0.05) is 13.5 Å². The number of benzene rings is 6. The quantitative estimate of drug-likeness (QED) is 0.0711. The second kappa shape index (κ2) is 24.4. The van der Waals surface area contributed by atoms with Crippen LogP contribution in [0.5, 0.6) is 0 Å². The number of aliphatic hydroxyl groups excluding tert-OH is 1. The van der Waals surface area contributed by atoms with E-state index in [4.69, 9.17) is 42.6 Å². The molecular weight excluding hydrogens is 821 g/mol. The zero-order chi connectivity index (χ0) is 44.5. The van der Waals surface area contributed by atoms with E-state index in [1.54, 1.807) is 7.11 Å². The van der Waals surface area contributed by atoms with Gasteiger partial charge in [-0.15, -0.1) is 0 Å². The first kappa shape index (κ1) is 46.4. The lowest BCUT2D eigenvalue weighted by molar-refractivity contribution is -0.337. The van der Waals surface area contributed by atoms with Crippen molar-refractivity contribution in [1.82, 2.24) is 0 Å². The molecule has 0 bridgehead atoms. The predicted octanol–water partition coefficient (Wildman–Crippen LogP) is 9.02. The highest BCUT2D eigenvalue weighted by molar-refractivity contribution is 5.18. The Bertz CT molecular complexity index is 2200. The molecule has 1 saturated carbocycles. The molecule has 2 fully saturated rings.